The zero-order chi connectivity index (χ0) is 16.1. The molecule has 0 radical (unpaired) electrons. The zero-order valence-corrected chi connectivity index (χ0v) is 13.7. The molecule has 1 unspecified atom stereocenters. The van der Waals surface area contributed by atoms with Crippen LogP contribution in [0.1, 0.15) is 29.8 Å². The molecule has 0 amide bonds. The average molecular weight is 313 g/mol. The fourth-order valence-electron chi connectivity index (χ4n) is 2.57. The molecule has 0 spiro atoms. The predicted molar refractivity (Wildman–Crippen MR) is 90.5 cm³/mol. The van der Waals surface area contributed by atoms with Crippen LogP contribution in [0, 0.1) is 13.8 Å². The van der Waals surface area contributed by atoms with Crippen LogP contribution in [0.15, 0.2) is 24.4 Å². The van der Waals surface area contributed by atoms with Crippen molar-refractivity contribution in [2.45, 2.75) is 39.3 Å². The van der Waals surface area contributed by atoms with E-state index >= 15 is 0 Å². The van der Waals surface area contributed by atoms with Crippen LogP contribution >= 0.6 is 0 Å². The number of anilines is 2. The van der Waals surface area contributed by atoms with E-state index in [9.17, 15) is 0 Å². The number of rotatable bonds is 6. The standard InChI is InChI=1S/C17H23N5O/c1-12-13(2)21-17(20-10-14-6-3-4-8-18-14)22-16(12)19-11-15-7-5-9-23-15/h3-4,6,8,15H,5,7,9-11H2,1-2H3,(H2,19,20,21,22). The normalized spacial score (nSPS) is 17.2. The molecule has 2 aromatic rings. The van der Waals surface area contributed by atoms with Crippen molar-refractivity contribution in [3.05, 3.63) is 41.3 Å². The van der Waals surface area contributed by atoms with E-state index in [1.165, 1.54) is 0 Å². The van der Waals surface area contributed by atoms with E-state index in [4.69, 9.17) is 4.74 Å². The number of aryl methyl sites for hydroxylation is 1. The Morgan fingerprint density at radius 2 is 2.13 bits per heavy atom. The Labute approximate surface area is 136 Å². The van der Waals surface area contributed by atoms with Gasteiger partial charge in [-0.2, -0.15) is 4.98 Å². The van der Waals surface area contributed by atoms with Gasteiger partial charge in [0.2, 0.25) is 5.95 Å². The van der Waals surface area contributed by atoms with Crippen LogP contribution in [0.4, 0.5) is 11.8 Å². The van der Waals surface area contributed by atoms with Gasteiger partial charge in [-0.25, -0.2) is 4.98 Å². The second-order valence-corrected chi connectivity index (χ2v) is 5.80. The van der Waals surface area contributed by atoms with E-state index in [0.717, 1.165) is 48.8 Å². The highest BCUT2D eigenvalue weighted by Gasteiger charge is 2.16. The topological polar surface area (TPSA) is 72.0 Å². The van der Waals surface area contributed by atoms with Gasteiger partial charge in [0.1, 0.15) is 5.82 Å². The van der Waals surface area contributed by atoms with Crippen molar-refractivity contribution >= 4 is 11.8 Å². The van der Waals surface area contributed by atoms with Gasteiger partial charge in [-0.15, -0.1) is 0 Å². The maximum atomic E-state index is 5.65. The van der Waals surface area contributed by atoms with Gasteiger partial charge >= 0.3 is 0 Å². The van der Waals surface area contributed by atoms with Crippen LogP contribution in [0.25, 0.3) is 0 Å². The molecule has 1 fully saturated rings. The summed E-state index contributed by atoms with van der Waals surface area (Å²) in [6.45, 7) is 6.30. The number of hydrogen-bond acceptors (Lipinski definition) is 6. The fourth-order valence-corrected chi connectivity index (χ4v) is 2.57. The van der Waals surface area contributed by atoms with Crippen LogP contribution in [0.5, 0.6) is 0 Å². The number of ether oxygens (including phenoxy) is 1. The molecule has 122 valence electrons. The quantitative estimate of drug-likeness (QED) is 0.854. The van der Waals surface area contributed by atoms with Crippen LogP contribution in [0.2, 0.25) is 0 Å². The third-order valence-electron chi connectivity index (χ3n) is 4.06. The molecular weight excluding hydrogens is 290 g/mol. The lowest BCUT2D eigenvalue weighted by molar-refractivity contribution is 0.120. The first-order valence-corrected chi connectivity index (χ1v) is 8.07. The second kappa shape index (κ2) is 7.37. The molecule has 0 aromatic carbocycles. The molecule has 1 saturated heterocycles. The lowest BCUT2D eigenvalue weighted by atomic mass is 10.2. The van der Waals surface area contributed by atoms with Crippen molar-refractivity contribution in [1.29, 1.82) is 0 Å². The summed E-state index contributed by atoms with van der Waals surface area (Å²) >= 11 is 0. The molecule has 1 atom stereocenters. The van der Waals surface area contributed by atoms with Gasteiger partial charge in [0.05, 0.1) is 18.3 Å². The first kappa shape index (κ1) is 15.7. The highest BCUT2D eigenvalue weighted by molar-refractivity contribution is 5.49. The van der Waals surface area contributed by atoms with Crippen molar-refractivity contribution in [1.82, 2.24) is 15.0 Å². The maximum absolute atomic E-state index is 5.65. The molecule has 6 nitrogen and oxygen atoms in total. The lowest BCUT2D eigenvalue weighted by Gasteiger charge is -2.15. The predicted octanol–water partition coefficient (Wildman–Crippen LogP) is 2.69. The molecule has 0 aliphatic carbocycles. The molecule has 0 saturated carbocycles. The number of aromatic nitrogens is 3. The van der Waals surface area contributed by atoms with Crippen molar-refractivity contribution in [2.24, 2.45) is 0 Å². The third-order valence-corrected chi connectivity index (χ3v) is 4.06. The van der Waals surface area contributed by atoms with E-state index in [1.54, 1.807) is 6.20 Å². The van der Waals surface area contributed by atoms with Crippen molar-refractivity contribution in [2.75, 3.05) is 23.8 Å². The van der Waals surface area contributed by atoms with Crippen molar-refractivity contribution in [3.63, 3.8) is 0 Å². The maximum Gasteiger partial charge on any atom is 0.225 e. The van der Waals surface area contributed by atoms with E-state index in [2.05, 4.69) is 25.6 Å². The first-order chi connectivity index (χ1) is 11.2. The molecule has 1 aliphatic heterocycles. The van der Waals surface area contributed by atoms with Gasteiger partial charge in [-0.3, -0.25) is 4.98 Å². The molecule has 2 aromatic heterocycles. The molecule has 3 heterocycles. The summed E-state index contributed by atoms with van der Waals surface area (Å²) < 4.78 is 5.65. The molecule has 23 heavy (non-hydrogen) atoms. The molecule has 6 heteroatoms. The largest absolute Gasteiger partial charge is 0.376 e. The summed E-state index contributed by atoms with van der Waals surface area (Å²) in [5, 5.41) is 6.64. The van der Waals surface area contributed by atoms with Gasteiger partial charge in [0.15, 0.2) is 0 Å². The Balaban J connectivity index is 1.65. The smallest absolute Gasteiger partial charge is 0.225 e. The first-order valence-electron chi connectivity index (χ1n) is 8.07. The Bertz CT molecular complexity index is 641. The van der Waals surface area contributed by atoms with Gasteiger partial charge in [0.25, 0.3) is 0 Å². The van der Waals surface area contributed by atoms with E-state index < -0.39 is 0 Å². The van der Waals surface area contributed by atoms with Gasteiger partial charge in [-0.1, -0.05) is 6.07 Å². The Kier molecular flexibility index (Phi) is 5.02. The monoisotopic (exact) mass is 313 g/mol. The van der Waals surface area contributed by atoms with Gasteiger partial charge in [0, 0.05) is 30.6 Å². The van der Waals surface area contributed by atoms with E-state index in [0.29, 0.717) is 12.5 Å². The number of hydrogen-bond donors (Lipinski definition) is 2. The highest BCUT2D eigenvalue weighted by atomic mass is 16.5. The van der Waals surface area contributed by atoms with Crippen LogP contribution < -0.4 is 10.6 Å². The zero-order valence-electron chi connectivity index (χ0n) is 13.7. The van der Waals surface area contributed by atoms with Crippen molar-refractivity contribution < 1.29 is 4.74 Å². The van der Waals surface area contributed by atoms with E-state index in [-0.39, 0.29) is 6.10 Å². The van der Waals surface area contributed by atoms with Crippen LogP contribution in [0.3, 0.4) is 0 Å². The summed E-state index contributed by atoms with van der Waals surface area (Å²) in [5.74, 6) is 1.49. The number of nitrogens with one attached hydrogen (secondary N) is 2. The average Bonchev–Trinajstić information content (AvgIpc) is 3.09. The van der Waals surface area contributed by atoms with Crippen molar-refractivity contribution in [3.8, 4) is 0 Å². The second-order valence-electron chi connectivity index (χ2n) is 5.80. The Morgan fingerprint density at radius 1 is 1.22 bits per heavy atom. The number of nitrogens with zero attached hydrogens (tertiary/aromatic N) is 3. The minimum Gasteiger partial charge on any atom is -0.376 e. The van der Waals surface area contributed by atoms with Gasteiger partial charge in [-0.05, 0) is 38.8 Å². The summed E-state index contributed by atoms with van der Waals surface area (Å²) in [7, 11) is 0. The molecule has 3 rings (SSSR count). The minimum absolute atomic E-state index is 0.287. The van der Waals surface area contributed by atoms with Crippen LogP contribution in [-0.4, -0.2) is 34.2 Å². The Morgan fingerprint density at radius 3 is 2.87 bits per heavy atom. The minimum atomic E-state index is 0.287. The molecule has 2 N–H and O–H groups in total. The highest BCUT2D eigenvalue weighted by Crippen LogP contribution is 2.19. The molecule has 1 aliphatic rings. The third kappa shape index (κ3) is 4.16. The lowest BCUT2D eigenvalue weighted by Crippen LogP contribution is -2.20. The SMILES string of the molecule is Cc1nc(NCc2ccccn2)nc(NCC2CCCO2)c1C. The summed E-state index contributed by atoms with van der Waals surface area (Å²) in [4.78, 5) is 13.4. The van der Waals surface area contributed by atoms with E-state index in [1.807, 2.05) is 32.0 Å². The Hall–Kier alpha value is -2.21. The fraction of sp³-hybridized carbons (Fsp3) is 0.471. The summed E-state index contributed by atoms with van der Waals surface area (Å²) in [5.41, 5.74) is 3.01. The van der Waals surface area contributed by atoms with Gasteiger partial charge < -0.3 is 15.4 Å². The molecule has 0 bridgehead atoms. The number of pyridine rings is 1. The van der Waals surface area contributed by atoms with Crippen LogP contribution in [-0.2, 0) is 11.3 Å². The summed E-state index contributed by atoms with van der Waals surface area (Å²) in [6, 6.07) is 5.85. The summed E-state index contributed by atoms with van der Waals surface area (Å²) in [6.07, 6.45) is 4.33. The molecular formula is C17H23N5O.